The molecule has 1 heterocycles. The van der Waals surface area contributed by atoms with Gasteiger partial charge in [0.25, 0.3) is 5.91 Å². The third-order valence-electron chi connectivity index (χ3n) is 8.10. The van der Waals surface area contributed by atoms with E-state index >= 15 is 0 Å². The van der Waals surface area contributed by atoms with Gasteiger partial charge in [0, 0.05) is 37.6 Å². The van der Waals surface area contributed by atoms with Crippen LogP contribution in [0, 0.1) is 5.92 Å². The maximum absolute atomic E-state index is 13.6. The van der Waals surface area contributed by atoms with Crippen LogP contribution in [-0.4, -0.2) is 42.6 Å². The average molecular weight is 530 g/mol. The number of hydrogen-bond acceptors (Lipinski definition) is 5. The monoisotopic (exact) mass is 529 g/mol. The zero-order valence-corrected chi connectivity index (χ0v) is 25.1. The van der Waals surface area contributed by atoms with Crippen molar-refractivity contribution in [1.29, 1.82) is 0 Å². The van der Waals surface area contributed by atoms with Crippen LogP contribution in [0.15, 0.2) is 36.4 Å². The van der Waals surface area contributed by atoms with E-state index in [1.54, 1.807) is 0 Å². The molecule has 0 bridgehead atoms. The summed E-state index contributed by atoms with van der Waals surface area (Å²) in [6, 6.07) is 13.0. The first-order valence-electron chi connectivity index (χ1n) is 14.7. The Morgan fingerprint density at radius 1 is 0.897 bits per heavy atom. The van der Waals surface area contributed by atoms with Gasteiger partial charge >= 0.3 is 0 Å². The molecule has 210 valence electrons. The van der Waals surface area contributed by atoms with Crippen molar-refractivity contribution in [2.75, 3.05) is 30.9 Å². The Bertz CT molecular complexity index is 1260. The highest BCUT2D eigenvalue weighted by Crippen LogP contribution is 2.33. The fourth-order valence-electron chi connectivity index (χ4n) is 5.70. The van der Waals surface area contributed by atoms with Crippen LogP contribution in [0.5, 0.6) is 0 Å². The van der Waals surface area contributed by atoms with E-state index in [2.05, 4.69) is 70.4 Å². The lowest BCUT2D eigenvalue weighted by Gasteiger charge is -2.30. The molecule has 1 aromatic heterocycles. The Hall–Kier alpha value is -3.15. The Morgan fingerprint density at radius 2 is 1.51 bits per heavy atom. The fraction of sp³-hybridized carbons (Fsp3) is 0.545. The molecule has 1 aliphatic rings. The number of nitrogens with zero attached hydrogens (tertiary/aromatic N) is 3. The summed E-state index contributed by atoms with van der Waals surface area (Å²) in [5.41, 5.74) is 5.51. The van der Waals surface area contributed by atoms with Crippen molar-refractivity contribution >= 4 is 28.6 Å². The van der Waals surface area contributed by atoms with E-state index in [1.807, 2.05) is 37.2 Å². The van der Waals surface area contributed by atoms with Crippen LogP contribution in [0.1, 0.15) is 112 Å². The molecule has 1 amide bonds. The van der Waals surface area contributed by atoms with Gasteiger partial charge in [-0.05, 0) is 78.2 Å². The first kappa shape index (κ1) is 28.8. The lowest BCUT2D eigenvalue weighted by atomic mass is 9.83. The molecule has 39 heavy (non-hydrogen) atoms. The molecule has 2 aromatic carbocycles. The van der Waals surface area contributed by atoms with E-state index < -0.39 is 0 Å². The molecule has 6 nitrogen and oxygen atoms in total. The third-order valence-corrected chi connectivity index (χ3v) is 8.10. The zero-order chi connectivity index (χ0) is 28.3. The highest BCUT2D eigenvalue weighted by molar-refractivity contribution is 5.97. The third kappa shape index (κ3) is 6.71. The Morgan fingerprint density at radius 3 is 2.08 bits per heavy atom. The van der Waals surface area contributed by atoms with Crippen LogP contribution in [-0.2, 0) is 0 Å². The first-order valence-corrected chi connectivity index (χ1v) is 14.7. The number of carbonyl (C=O) groups excluding carboxylic acids is 1. The lowest BCUT2D eigenvalue weighted by molar-refractivity contribution is 0.0940. The summed E-state index contributed by atoms with van der Waals surface area (Å²) in [5.74, 6) is 3.24. The van der Waals surface area contributed by atoms with Gasteiger partial charge in [0.1, 0.15) is 5.82 Å². The van der Waals surface area contributed by atoms with Gasteiger partial charge in [0.15, 0.2) is 0 Å². The molecule has 1 fully saturated rings. The van der Waals surface area contributed by atoms with E-state index in [-0.39, 0.29) is 5.91 Å². The number of anilines is 2. The summed E-state index contributed by atoms with van der Waals surface area (Å²) in [5, 5.41) is 7.98. The molecule has 3 aromatic rings. The number of nitrogens with one attached hydrogen (secondary N) is 2. The van der Waals surface area contributed by atoms with Gasteiger partial charge in [-0.2, -0.15) is 4.98 Å². The summed E-state index contributed by atoms with van der Waals surface area (Å²) in [4.78, 5) is 25.2. The summed E-state index contributed by atoms with van der Waals surface area (Å²) in [7, 11) is 4.04. The number of fused-ring (bicyclic) bond motifs is 1. The number of hydrogen-bond donors (Lipinski definition) is 2. The largest absolute Gasteiger partial charge is 0.362 e. The standard InChI is InChI=1S/C33H47N5O/c1-20(2)24-17-27(21(3)4)30(28(18-24)22(5)6)32(39)34-19-23-13-15-25(16-14-23)35-33-36-29-12-10-9-11-26(29)31(37-33)38(7)8/h9-12,17-18,20-23,25H,13-16,19H2,1-8H3,(H,34,39)(H,35,36,37). The highest BCUT2D eigenvalue weighted by Gasteiger charge is 2.25. The highest BCUT2D eigenvalue weighted by atomic mass is 16.1. The quantitative estimate of drug-likeness (QED) is 0.301. The molecular weight excluding hydrogens is 482 g/mol. The number of carbonyl (C=O) groups is 1. The maximum atomic E-state index is 13.6. The van der Waals surface area contributed by atoms with Crippen molar-refractivity contribution in [3.63, 3.8) is 0 Å². The van der Waals surface area contributed by atoms with Gasteiger partial charge in [-0.25, -0.2) is 4.98 Å². The molecule has 0 radical (unpaired) electrons. The SMILES string of the molecule is CC(C)c1cc(C(C)C)c(C(=O)NCC2CCC(Nc3nc(N(C)C)c4ccccc4n3)CC2)c(C(C)C)c1. The molecule has 1 aliphatic carbocycles. The normalized spacial score (nSPS) is 17.7. The number of rotatable bonds is 9. The second kappa shape index (κ2) is 12.4. The van der Waals surface area contributed by atoms with Gasteiger partial charge in [-0.15, -0.1) is 0 Å². The fourth-order valence-corrected chi connectivity index (χ4v) is 5.70. The molecule has 0 atom stereocenters. The molecular formula is C33H47N5O. The minimum atomic E-state index is 0.0822. The van der Waals surface area contributed by atoms with Crippen LogP contribution in [0.2, 0.25) is 0 Å². The molecule has 0 aliphatic heterocycles. The van der Waals surface area contributed by atoms with Crippen molar-refractivity contribution in [2.24, 2.45) is 5.92 Å². The molecule has 0 unspecified atom stereocenters. The van der Waals surface area contributed by atoms with E-state index in [0.29, 0.717) is 35.7 Å². The predicted molar refractivity (Wildman–Crippen MR) is 164 cm³/mol. The van der Waals surface area contributed by atoms with Gasteiger partial charge < -0.3 is 15.5 Å². The second-order valence-electron chi connectivity index (χ2n) is 12.4. The van der Waals surface area contributed by atoms with Crippen molar-refractivity contribution in [3.8, 4) is 0 Å². The smallest absolute Gasteiger partial charge is 0.251 e. The number of para-hydroxylation sites is 1. The molecule has 4 rings (SSSR count). The Kier molecular flexibility index (Phi) is 9.14. The van der Waals surface area contributed by atoms with E-state index in [0.717, 1.165) is 54.5 Å². The molecule has 6 heteroatoms. The second-order valence-corrected chi connectivity index (χ2v) is 12.4. The van der Waals surface area contributed by atoms with Crippen LogP contribution in [0.3, 0.4) is 0 Å². The topological polar surface area (TPSA) is 70.2 Å². The van der Waals surface area contributed by atoms with Crippen LogP contribution in [0.25, 0.3) is 10.9 Å². The summed E-state index contributed by atoms with van der Waals surface area (Å²) >= 11 is 0. The number of amides is 1. The molecule has 0 saturated heterocycles. The van der Waals surface area contributed by atoms with Gasteiger partial charge in [0.05, 0.1) is 5.52 Å². The van der Waals surface area contributed by atoms with Crippen molar-refractivity contribution in [1.82, 2.24) is 15.3 Å². The van der Waals surface area contributed by atoms with Gasteiger partial charge in [-0.3, -0.25) is 4.79 Å². The van der Waals surface area contributed by atoms with E-state index in [9.17, 15) is 4.79 Å². The maximum Gasteiger partial charge on any atom is 0.251 e. The van der Waals surface area contributed by atoms with Crippen LogP contribution in [0.4, 0.5) is 11.8 Å². The lowest BCUT2D eigenvalue weighted by Crippen LogP contribution is -2.35. The predicted octanol–water partition coefficient (Wildman–Crippen LogP) is 7.47. The van der Waals surface area contributed by atoms with E-state index in [1.165, 1.54) is 16.7 Å². The zero-order valence-electron chi connectivity index (χ0n) is 25.1. The first-order chi connectivity index (χ1) is 18.5. The minimum Gasteiger partial charge on any atom is -0.362 e. The van der Waals surface area contributed by atoms with E-state index in [4.69, 9.17) is 9.97 Å². The molecule has 1 saturated carbocycles. The average Bonchev–Trinajstić information content (AvgIpc) is 2.91. The van der Waals surface area contributed by atoms with Crippen LogP contribution < -0.4 is 15.5 Å². The van der Waals surface area contributed by atoms with Crippen molar-refractivity contribution < 1.29 is 4.79 Å². The van der Waals surface area contributed by atoms with Gasteiger partial charge in [0.2, 0.25) is 5.95 Å². The minimum absolute atomic E-state index is 0.0822. The molecule has 0 spiro atoms. The van der Waals surface area contributed by atoms with Crippen molar-refractivity contribution in [2.45, 2.75) is 91.0 Å². The number of aromatic nitrogens is 2. The van der Waals surface area contributed by atoms with Crippen molar-refractivity contribution in [3.05, 3.63) is 58.7 Å². The summed E-state index contributed by atoms with van der Waals surface area (Å²) in [6.07, 6.45) is 4.25. The number of benzene rings is 2. The Balaban J connectivity index is 1.39. The summed E-state index contributed by atoms with van der Waals surface area (Å²) < 4.78 is 0. The summed E-state index contributed by atoms with van der Waals surface area (Å²) in [6.45, 7) is 13.9. The van der Waals surface area contributed by atoms with Crippen LogP contribution >= 0.6 is 0 Å². The van der Waals surface area contributed by atoms with Gasteiger partial charge in [-0.1, -0.05) is 65.8 Å². The Labute approximate surface area is 235 Å². The molecule has 2 N–H and O–H groups in total.